The number of nitrogens with zero attached hydrogens (tertiary/aromatic N) is 2. The highest BCUT2D eigenvalue weighted by Crippen LogP contribution is 2.28. The molecule has 2 saturated heterocycles. The lowest BCUT2D eigenvalue weighted by Gasteiger charge is -2.24. The van der Waals surface area contributed by atoms with Crippen molar-refractivity contribution in [2.24, 2.45) is 16.8 Å². The van der Waals surface area contributed by atoms with Crippen LogP contribution in [0.5, 0.6) is 0 Å². The summed E-state index contributed by atoms with van der Waals surface area (Å²) in [4.78, 5) is 7.11. The average molecular weight is 314 g/mol. The molecule has 0 radical (unpaired) electrons. The van der Waals surface area contributed by atoms with Crippen LogP contribution in [0.15, 0.2) is 4.99 Å². The second kappa shape index (κ2) is 7.73. The Kier molecular flexibility index (Phi) is 6.23. The number of rotatable bonds is 5. The Balaban J connectivity index is 1.92. The van der Waals surface area contributed by atoms with Crippen molar-refractivity contribution < 1.29 is 5.11 Å². The highest BCUT2D eigenvalue weighted by atomic mass is 32.2. The molecule has 0 aliphatic carbocycles. The van der Waals surface area contributed by atoms with Crippen LogP contribution in [0, 0.1) is 11.8 Å². The normalized spacial score (nSPS) is 30.4. The van der Waals surface area contributed by atoms with Crippen molar-refractivity contribution in [3.63, 3.8) is 0 Å². The fourth-order valence-corrected chi connectivity index (χ4v) is 4.54. The van der Waals surface area contributed by atoms with Gasteiger partial charge in [-0.3, -0.25) is 4.99 Å². The number of aliphatic hydroxyl groups is 1. The van der Waals surface area contributed by atoms with Gasteiger partial charge < -0.3 is 15.3 Å². The summed E-state index contributed by atoms with van der Waals surface area (Å²) in [6.07, 6.45) is 3.44. The third kappa shape index (κ3) is 5.06. The summed E-state index contributed by atoms with van der Waals surface area (Å²) in [5, 5.41) is 13.8. The number of hydrogen-bond donors (Lipinski definition) is 2. The average Bonchev–Trinajstić information content (AvgIpc) is 3.04. The summed E-state index contributed by atoms with van der Waals surface area (Å²) in [6.45, 7) is 10.3. The van der Waals surface area contributed by atoms with Crippen molar-refractivity contribution in [1.82, 2.24) is 10.2 Å². The number of nitrogens with one attached hydrogen (secondary N) is 1. The highest BCUT2D eigenvalue weighted by molar-refractivity contribution is 7.99. The molecule has 0 spiro atoms. The Morgan fingerprint density at radius 1 is 1.52 bits per heavy atom. The van der Waals surface area contributed by atoms with Gasteiger partial charge in [-0.05, 0) is 43.8 Å². The SMILES string of the molecule is CCNC(=NCC1(O)CCSC1)N1CCC(CC(C)C)C1. The molecule has 2 heterocycles. The van der Waals surface area contributed by atoms with Crippen molar-refractivity contribution in [3.05, 3.63) is 0 Å². The van der Waals surface area contributed by atoms with E-state index in [1.807, 2.05) is 11.8 Å². The van der Waals surface area contributed by atoms with E-state index in [1.54, 1.807) is 0 Å². The van der Waals surface area contributed by atoms with Gasteiger partial charge in [0.25, 0.3) is 0 Å². The first kappa shape index (κ1) is 16.9. The van der Waals surface area contributed by atoms with Crippen LogP contribution < -0.4 is 5.32 Å². The molecule has 2 aliphatic rings. The molecule has 2 N–H and O–H groups in total. The van der Waals surface area contributed by atoms with Crippen LogP contribution in [0.4, 0.5) is 0 Å². The van der Waals surface area contributed by atoms with Crippen LogP contribution in [-0.2, 0) is 0 Å². The smallest absolute Gasteiger partial charge is 0.194 e. The maximum absolute atomic E-state index is 10.4. The predicted octanol–water partition coefficient (Wildman–Crippen LogP) is 2.19. The quantitative estimate of drug-likeness (QED) is 0.603. The van der Waals surface area contributed by atoms with Crippen molar-refractivity contribution in [2.45, 2.75) is 45.6 Å². The van der Waals surface area contributed by atoms with Gasteiger partial charge in [0.2, 0.25) is 0 Å². The Bertz CT molecular complexity index is 353. The van der Waals surface area contributed by atoms with Crippen LogP contribution >= 0.6 is 11.8 Å². The summed E-state index contributed by atoms with van der Waals surface area (Å²) in [5.41, 5.74) is -0.581. The standard InChI is InChI=1S/C16H31N3OS/c1-4-17-15(18-11-16(20)6-8-21-12-16)19-7-5-14(10-19)9-13(2)3/h13-14,20H,4-12H2,1-3H3,(H,17,18). The van der Waals surface area contributed by atoms with Crippen LogP contribution in [-0.4, -0.2) is 59.3 Å². The summed E-state index contributed by atoms with van der Waals surface area (Å²) in [5.74, 6) is 4.44. The van der Waals surface area contributed by atoms with Crippen molar-refractivity contribution >= 4 is 17.7 Å². The van der Waals surface area contributed by atoms with E-state index >= 15 is 0 Å². The lowest BCUT2D eigenvalue weighted by Crippen LogP contribution is -2.42. The van der Waals surface area contributed by atoms with E-state index < -0.39 is 5.60 Å². The zero-order chi connectivity index (χ0) is 15.3. The van der Waals surface area contributed by atoms with Gasteiger partial charge in [0.1, 0.15) is 0 Å². The number of aliphatic imine (C=N–C) groups is 1. The van der Waals surface area contributed by atoms with E-state index in [9.17, 15) is 5.11 Å². The van der Waals surface area contributed by atoms with Gasteiger partial charge in [-0.25, -0.2) is 0 Å². The zero-order valence-electron chi connectivity index (χ0n) is 13.8. The molecule has 0 bridgehead atoms. The maximum Gasteiger partial charge on any atom is 0.194 e. The van der Waals surface area contributed by atoms with Crippen LogP contribution in [0.25, 0.3) is 0 Å². The van der Waals surface area contributed by atoms with Gasteiger partial charge in [0.15, 0.2) is 5.96 Å². The van der Waals surface area contributed by atoms with E-state index in [1.165, 1.54) is 12.8 Å². The molecule has 2 fully saturated rings. The molecule has 21 heavy (non-hydrogen) atoms. The molecule has 2 atom stereocenters. The van der Waals surface area contributed by atoms with Gasteiger partial charge in [-0.15, -0.1) is 0 Å². The van der Waals surface area contributed by atoms with Gasteiger partial charge >= 0.3 is 0 Å². The molecule has 0 aromatic rings. The third-order valence-electron chi connectivity index (χ3n) is 4.33. The largest absolute Gasteiger partial charge is 0.387 e. The molecule has 2 aliphatic heterocycles. The molecule has 5 heteroatoms. The monoisotopic (exact) mass is 313 g/mol. The van der Waals surface area contributed by atoms with Gasteiger partial charge in [0, 0.05) is 25.4 Å². The maximum atomic E-state index is 10.4. The fourth-order valence-electron chi connectivity index (χ4n) is 3.25. The molecular formula is C16H31N3OS. The van der Waals surface area contributed by atoms with E-state index in [0.717, 1.165) is 55.4 Å². The minimum Gasteiger partial charge on any atom is -0.387 e. The number of guanidine groups is 1. The first-order valence-electron chi connectivity index (χ1n) is 8.36. The zero-order valence-corrected chi connectivity index (χ0v) is 14.6. The number of thioether (sulfide) groups is 1. The molecule has 0 aromatic carbocycles. The van der Waals surface area contributed by atoms with Crippen molar-refractivity contribution in [1.29, 1.82) is 0 Å². The first-order chi connectivity index (χ1) is 10.0. The van der Waals surface area contributed by atoms with Gasteiger partial charge in [-0.2, -0.15) is 11.8 Å². The number of hydrogen-bond acceptors (Lipinski definition) is 3. The van der Waals surface area contributed by atoms with Gasteiger partial charge in [0.05, 0.1) is 12.1 Å². The van der Waals surface area contributed by atoms with Gasteiger partial charge in [-0.1, -0.05) is 13.8 Å². The molecule has 4 nitrogen and oxygen atoms in total. The molecule has 0 amide bonds. The predicted molar refractivity (Wildman–Crippen MR) is 92.0 cm³/mol. The molecule has 2 rings (SSSR count). The van der Waals surface area contributed by atoms with Crippen LogP contribution in [0.3, 0.4) is 0 Å². The molecule has 122 valence electrons. The summed E-state index contributed by atoms with van der Waals surface area (Å²) in [7, 11) is 0. The van der Waals surface area contributed by atoms with E-state index in [-0.39, 0.29) is 0 Å². The summed E-state index contributed by atoms with van der Waals surface area (Å²) in [6, 6.07) is 0. The lowest BCUT2D eigenvalue weighted by molar-refractivity contribution is 0.0776. The van der Waals surface area contributed by atoms with Crippen molar-refractivity contribution in [3.8, 4) is 0 Å². The van der Waals surface area contributed by atoms with E-state index in [2.05, 4.69) is 31.0 Å². The lowest BCUT2D eigenvalue weighted by atomic mass is 9.97. The number of likely N-dealkylation sites (tertiary alicyclic amines) is 1. The molecule has 0 aromatic heterocycles. The van der Waals surface area contributed by atoms with Crippen LogP contribution in [0.1, 0.15) is 40.0 Å². The molecular weight excluding hydrogens is 282 g/mol. The second-order valence-electron chi connectivity index (χ2n) is 6.93. The minimum atomic E-state index is -0.581. The highest BCUT2D eigenvalue weighted by Gasteiger charge is 2.32. The topological polar surface area (TPSA) is 47.9 Å². The van der Waals surface area contributed by atoms with E-state index in [4.69, 9.17) is 4.99 Å². The second-order valence-corrected chi connectivity index (χ2v) is 8.03. The summed E-state index contributed by atoms with van der Waals surface area (Å²) >= 11 is 1.83. The minimum absolute atomic E-state index is 0.535. The van der Waals surface area contributed by atoms with E-state index in [0.29, 0.717) is 6.54 Å². The van der Waals surface area contributed by atoms with Crippen molar-refractivity contribution in [2.75, 3.05) is 37.7 Å². The Morgan fingerprint density at radius 2 is 2.33 bits per heavy atom. The van der Waals surface area contributed by atoms with Crippen LogP contribution in [0.2, 0.25) is 0 Å². The Labute approximate surface area is 133 Å². The first-order valence-corrected chi connectivity index (χ1v) is 9.51. The molecule has 0 saturated carbocycles. The fraction of sp³-hybridized carbons (Fsp3) is 0.938. The summed E-state index contributed by atoms with van der Waals surface area (Å²) < 4.78 is 0. The Hall–Kier alpha value is -0.420. The molecule has 2 unspecified atom stereocenters. The third-order valence-corrected chi connectivity index (χ3v) is 5.56. The Morgan fingerprint density at radius 3 is 2.95 bits per heavy atom.